The summed E-state index contributed by atoms with van der Waals surface area (Å²) in [5.74, 6) is 2.60. The van der Waals surface area contributed by atoms with Crippen LogP contribution in [0.25, 0.3) is 0 Å². The second-order valence-corrected chi connectivity index (χ2v) is 3.97. The third-order valence-electron chi connectivity index (χ3n) is 3.15. The van der Waals surface area contributed by atoms with Crippen molar-refractivity contribution in [2.24, 2.45) is 16.8 Å². The molecule has 0 aromatic rings. The Kier molecular flexibility index (Phi) is 2.80. The van der Waals surface area contributed by atoms with Gasteiger partial charge < -0.3 is 9.47 Å². The topological polar surface area (TPSA) is 30.8 Å². The van der Waals surface area contributed by atoms with E-state index in [1.54, 1.807) is 14.2 Å². The largest absolute Gasteiger partial charge is 0.493 e. The van der Waals surface area contributed by atoms with Crippen molar-refractivity contribution in [3.8, 4) is 0 Å². The number of nitrogens with zero attached hydrogens (tertiary/aromatic N) is 1. The molecule has 0 bridgehead atoms. The molecule has 2 aliphatic rings. The molecule has 15 heavy (non-hydrogen) atoms. The highest BCUT2D eigenvalue weighted by atomic mass is 16.5. The minimum absolute atomic E-state index is 0.396. The number of hydrogen-bond acceptors (Lipinski definition) is 3. The van der Waals surface area contributed by atoms with Crippen LogP contribution in [0.2, 0.25) is 0 Å². The molecule has 1 aliphatic carbocycles. The Balaban J connectivity index is 2.31. The maximum Gasteiger partial charge on any atom is 0.157 e. The van der Waals surface area contributed by atoms with Gasteiger partial charge in [-0.25, -0.2) is 0 Å². The van der Waals surface area contributed by atoms with Gasteiger partial charge in [-0.3, -0.25) is 4.99 Å². The van der Waals surface area contributed by atoms with Crippen LogP contribution >= 0.6 is 0 Å². The van der Waals surface area contributed by atoms with Gasteiger partial charge in [-0.2, -0.15) is 0 Å². The van der Waals surface area contributed by atoms with E-state index in [1.807, 2.05) is 0 Å². The Bertz CT molecular complexity index is 342. The Labute approximate surface area is 90.5 Å². The van der Waals surface area contributed by atoms with Gasteiger partial charge in [0.2, 0.25) is 0 Å². The summed E-state index contributed by atoms with van der Waals surface area (Å²) in [6.07, 6.45) is 5.39. The van der Waals surface area contributed by atoms with Crippen LogP contribution in [-0.2, 0) is 9.47 Å². The summed E-state index contributed by atoms with van der Waals surface area (Å²) in [6.45, 7) is 3.02. The molecule has 3 heteroatoms. The minimum atomic E-state index is 0.396. The second kappa shape index (κ2) is 4.09. The number of ether oxygens (including phenoxy) is 2. The van der Waals surface area contributed by atoms with Gasteiger partial charge in [0.15, 0.2) is 11.5 Å². The highest BCUT2D eigenvalue weighted by Crippen LogP contribution is 2.33. The first kappa shape index (κ1) is 10.3. The summed E-state index contributed by atoms with van der Waals surface area (Å²) < 4.78 is 10.6. The molecule has 0 aromatic carbocycles. The van der Waals surface area contributed by atoms with Crippen molar-refractivity contribution < 1.29 is 9.47 Å². The fraction of sp³-hybridized carbons (Fsp3) is 0.583. The number of fused-ring (bicyclic) bond motifs is 1. The lowest BCUT2D eigenvalue weighted by atomic mass is 9.80. The van der Waals surface area contributed by atoms with Gasteiger partial charge in [-0.15, -0.1) is 0 Å². The third kappa shape index (κ3) is 1.78. The van der Waals surface area contributed by atoms with Crippen LogP contribution in [-0.4, -0.2) is 26.5 Å². The van der Waals surface area contributed by atoms with Crippen LogP contribution in [0.4, 0.5) is 0 Å². The van der Waals surface area contributed by atoms with Crippen molar-refractivity contribution >= 4 is 5.71 Å². The fourth-order valence-electron chi connectivity index (χ4n) is 2.28. The standard InChI is InChI=1S/C12H17NO2/c1-8-10-7-12(15-3)11(14-2)6-9(10)4-5-13-8/h6-7,9-10H,4-5H2,1-3H3. The molecular formula is C12H17NO2. The summed E-state index contributed by atoms with van der Waals surface area (Å²) in [4.78, 5) is 4.48. The predicted molar refractivity (Wildman–Crippen MR) is 59.8 cm³/mol. The maximum atomic E-state index is 5.31. The molecule has 0 saturated carbocycles. The molecule has 82 valence electrons. The van der Waals surface area contributed by atoms with E-state index < -0.39 is 0 Å². The molecule has 1 heterocycles. The number of hydrogen-bond donors (Lipinski definition) is 0. The quantitative estimate of drug-likeness (QED) is 0.694. The first-order chi connectivity index (χ1) is 7.26. The van der Waals surface area contributed by atoms with Crippen molar-refractivity contribution in [3.05, 3.63) is 23.7 Å². The molecule has 0 aromatic heterocycles. The van der Waals surface area contributed by atoms with Crippen molar-refractivity contribution in [1.29, 1.82) is 0 Å². The molecule has 0 saturated heterocycles. The average Bonchev–Trinajstić information content (AvgIpc) is 2.28. The summed E-state index contributed by atoms with van der Waals surface area (Å²) in [5.41, 5.74) is 1.20. The molecule has 2 rings (SSSR count). The molecule has 0 spiro atoms. The summed E-state index contributed by atoms with van der Waals surface area (Å²) in [7, 11) is 3.36. The number of allylic oxidation sites excluding steroid dienone is 2. The second-order valence-electron chi connectivity index (χ2n) is 3.97. The molecular weight excluding hydrogens is 190 g/mol. The van der Waals surface area contributed by atoms with Crippen LogP contribution in [0.5, 0.6) is 0 Å². The number of rotatable bonds is 2. The lowest BCUT2D eigenvalue weighted by Crippen LogP contribution is -2.28. The van der Waals surface area contributed by atoms with Crippen LogP contribution in [0, 0.1) is 11.8 Å². The molecule has 2 atom stereocenters. The van der Waals surface area contributed by atoms with E-state index in [0.717, 1.165) is 24.5 Å². The Morgan fingerprint density at radius 3 is 2.53 bits per heavy atom. The van der Waals surface area contributed by atoms with Crippen molar-refractivity contribution in [2.75, 3.05) is 20.8 Å². The van der Waals surface area contributed by atoms with Crippen LogP contribution in [0.15, 0.2) is 28.7 Å². The van der Waals surface area contributed by atoms with E-state index in [0.29, 0.717) is 11.8 Å². The Hall–Kier alpha value is -1.25. The predicted octanol–water partition coefficient (Wildman–Crippen LogP) is 2.16. The molecule has 3 nitrogen and oxygen atoms in total. The molecule has 2 unspecified atom stereocenters. The highest BCUT2D eigenvalue weighted by molar-refractivity contribution is 5.87. The number of aliphatic imine (C=N–C) groups is 1. The normalized spacial score (nSPS) is 29.7. The molecule has 1 aliphatic heterocycles. The van der Waals surface area contributed by atoms with Gasteiger partial charge >= 0.3 is 0 Å². The molecule has 0 N–H and O–H groups in total. The lowest BCUT2D eigenvalue weighted by Gasteiger charge is -2.30. The van der Waals surface area contributed by atoms with Crippen LogP contribution in [0.3, 0.4) is 0 Å². The van der Waals surface area contributed by atoms with E-state index in [4.69, 9.17) is 9.47 Å². The molecule has 0 amide bonds. The van der Waals surface area contributed by atoms with Gasteiger partial charge in [-0.05, 0) is 31.4 Å². The van der Waals surface area contributed by atoms with E-state index in [-0.39, 0.29) is 0 Å². The third-order valence-corrected chi connectivity index (χ3v) is 3.15. The van der Waals surface area contributed by atoms with Gasteiger partial charge in [0.05, 0.1) is 14.2 Å². The van der Waals surface area contributed by atoms with Gasteiger partial charge in [0.1, 0.15) is 0 Å². The van der Waals surface area contributed by atoms with E-state index in [1.165, 1.54) is 5.71 Å². The average molecular weight is 207 g/mol. The lowest BCUT2D eigenvalue weighted by molar-refractivity contribution is 0.208. The smallest absolute Gasteiger partial charge is 0.157 e. The Morgan fingerprint density at radius 2 is 1.87 bits per heavy atom. The van der Waals surface area contributed by atoms with Gasteiger partial charge in [0.25, 0.3) is 0 Å². The first-order valence-electron chi connectivity index (χ1n) is 5.29. The van der Waals surface area contributed by atoms with Crippen LogP contribution in [0.1, 0.15) is 13.3 Å². The SMILES string of the molecule is COC1=CC2CCN=C(C)C2C=C1OC. The molecule has 0 fully saturated rings. The highest BCUT2D eigenvalue weighted by Gasteiger charge is 2.29. The number of methoxy groups -OCH3 is 2. The zero-order valence-electron chi connectivity index (χ0n) is 9.49. The van der Waals surface area contributed by atoms with Crippen LogP contribution < -0.4 is 0 Å². The summed E-state index contributed by atoms with van der Waals surface area (Å²) in [6, 6.07) is 0. The zero-order chi connectivity index (χ0) is 10.8. The fourth-order valence-corrected chi connectivity index (χ4v) is 2.28. The summed E-state index contributed by atoms with van der Waals surface area (Å²) in [5, 5.41) is 0. The summed E-state index contributed by atoms with van der Waals surface area (Å²) >= 11 is 0. The van der Waals surface area contributed by atoms with Gasteiger partial charge in [0, 0.05) is 18.2 Å². The zero-order valence-corrected chi connectivity index (χ0v) is 9.49. The van der Waals surface area contributed by atoms with Crippen molar-refractivity contribution in [1.82, 2.24) is 0 Å². The monoisotopic (exact) mass is 207 g/mol. The molecule has 0 radical (unpaired) electrons. The van der Waals surface area contributed by atoms with Gasteiger partial charge in [-0.1, -0.05) is 0 Å². The van der Waals surface area contributed by atoms with Crippen molar-refractivity contribution in [2.45, 2.75) is 13.3 Å². The first-order valence-corrected chi connectivity index (χ1v) is 5.29. The Morgan fingerprint density at radius 1 is 1.20 bits per heavy atom. The van der Waals surface area contributed by atoms with Crippen molar-refractivity contribution in [3.63, 3.8) is 0 Å². The maximum absolute atomic E-state index is 5.31. The minimum Gasteiger partial charge on any atom is -0.493 e. The van der Waals surface area contributed by atoms with E-state index in [2.05, 4.69) is 24.1 Å². The van der Waals surface area contributed by atoms with E-state index in [9.17, 15) is 0 Å². The van der Waals surface area contributed by atoms with E-state index >= 15 is 0 Å².